The molecule has 1 aromatic rings. The van der Waals surface area contributed by atoms with E-state index in [0.29, 0.717) is 6.42 Å². The van der Waals surface area contributed by atoms with Crippen molar-refractivity contribution in [3.05, 3.63) is 52.1 Å². The summed E-state index contributed by atoms with van der Waals surface area (Å²) < 4.78 is 0. The fourth-order valence-corrected chi connectivity index (χ4v) is 1.24. The minimum absolute atomic E-state index is 0.180. The van der Waals surface area contributed by atoms with E-state index in [1.54, 1.807) is 19.1 Å². The average molecular weight is 177 g/mol. The predicted molar refractivity (Wildman–Crippen MR) is 51.7 cm³/mol. The van der Waals surface area contributed by atoms with Crippen molar-refractivity contribution < 1.29 is 4.92 Å². The van der Waals surface area contributed by atoms with Gasteiger partial charge in [0.2, 0.25) is 0 Å². The first kappa shape index (κ1) is 9.45. The van der Waals surface area contributed by atoms with Crippen molar-refractivity contribution in [3.63, 3.8) is 0 Å². The van der Waals surface area contributed by atoms with Crippen molar-refractivity contribution in [3.8, 4) is 0 Å². The molecule has 3 heteroatoms. The highest BCUT2D eigenvalue weighted by atomic mass is 16.6. The second-order valence-electron chi connectivity index (χ2n) is 2.81. The largest absolute Gasteiger partial charge is 0.272 e. The molecule has 0 aliphatic heterocycles. The van der Waals surface area contributed by atoms with E-state index < -0.39 is 0 Å². The van der Waals surface area contributed by atoms with Crippen LogP contribution in [0.3, 0.4) is 0 Å². The number of nitro groups is 1. The van der Waals surface area contributed by atoms with Crippen molar-refractivity contribution in [2.75, 3.05) is 0 Å². The minimum Gasteiger partial charge on any atom is -0.258 e. The topological polar surface area (TPSA) is 43.1 Å². The van der Waals surface area contributed by atoms with E-state index in [2.05, 4.69) is 6.58 Å². The predicted octanol–water partition coefficient (Wildman–Crippen LogP) is 2.63. The zero-order chi connectivity index (χ0) is 9.84. The number of hydrogen-bond acceptors (Lipinski definition) is 2. The molecular weight excluding hydrogens is 166 g/mol. The van der Waals surface area contributed by atoms with E-state index in [1.165, 1.54) is 6.07 Å². The van der Waals surface area contributed by atoms with Gasteiger partial charge >= 0.3 is 0 Å². The summed E-state index contributed by atoms with van der Waals surface area (Å²) in [6.07, 6.45) is 2.42. The van der Waals surface area contributed by atoms with Crippen molar-refractivity contribution in [2.24, 2.45) is 0 Å². The number of nitrogens with zero attached hydrogens (tertiary/aromatic N) is 1. The van der Waals surface area contributed by atoms with Crippen LogP contribution in [-0.4, -0.2) is 4.92 Å². The molecule has 0 N–H and O–H groups in total. The summed E-state index contributed by atoms with van der Waals surface area (Å²) in [7, 11) is 0. The maximum atomic E-state index is 10.6. The molecule has 0 unspecified atom stereocenters. The molecule has 13 heavy (non-hydrogen) atoms. The van der Waals surface area contributed by atoms with Gasteiger partial charge in [-0.25, -0.2) is 0 Å². The Hall–Kier alpha value is -1.64. The highest BCUT2D eigenvalue weighted by molar-refractivity contribution is 5.45. The number of allylic oxidation sites excluding steroid dienone is 1. The molecule has 0 saturated heterocycles. The monoisotopic (exact) mass is 177 g/mol. The van der Waals surface area contributed by atoms with Crippen LogP contribution in [-0.2, 0) is 6.42 Å². The highest BCUT2D eigenvalue weighted by Gasteiger charge is 2.11. The normalized spacial score (nSPS) is 9.62. The van der Waals surface area contributed by atoms with Gasteiger partial charge in [-0.2, -0.15) is 0 Å². The maximum Gasteiger partial charge on any atom is 0.272 e. The summed E-state index contributed by atoms with van der Waals surface area (Å²) in [4.78, 5) is 10.2. The summed E-state index contributed by atoms with van der Waals surface area (Å²) in [5.41, 5.74) is 1.87. The van der Waals surface area contributed by atoms with E-state index in [1.807, 2.05) is 6.07 Å². The Bertz CT molecular complexity index is 345. The van der Waals surface area contributed by atoms with E-state index in [-0.39, 0.29) is 10.6 Å². The lowest BCUT2D eigenvalue weighted by molar-refractivity contribution is -0.385. The summed E-state index contributed by atoms with van der Waals surface area (Å²) in [6.45, 7) is 5.36. The van der Waals surface area contributed by atoms with Gasteiger partial charge in [-0.1, -0.05) is 18.2 Å². The molecule has 0 amide bonds. The third-order valence-electron chi connectivity index (χ3n) is 1.98. The van der Waals surface area contributed by atoms with Gasteiger partial charge in [-0.15, -0.1) is 6.58 Å². The summed E-state index contributed by atoms with van der Waals surface area (Å²) in [5.74, 6) is 0. The lowest BCUT2D eigenvalue weighted by Crippen LogP contribution is -1.95. The first-order valence-electron chi connectivity index (χ1n) is 4.00. The van der Waals surface area contributed by atoms with Gasteiger partial charge in [0.15, 0.2) is 0 Å². The van der Waals surface area contributed by atoms with Gasteiger partial charge in [0.1, 0.15) is 0 Å². The van der Waals surface area contributed by atoms with Gasteiger partial charge < -0.3 is 0 Å². The maximum absolute atomic E-state index is 10.6. The number of nitro benzene ring substituents is 1. The molecule has 0 atom stereocenters. The van der Waals surface area contributed by atoms with Crippen LogP contribution in [0.15, 0.2) is 30.9 Å². The second kappa shape index (κ2) is 3.85. The Kier molecular flexibility index (Phi) is 2.80. The zero-order valence-corrected chi connectivity index (χ0v) is 7.49. The van der Waals surface area contributed by atoms with Crippen molar-refractivity contribution >= 4 is 5.69 Å². The second-order valence-corrected chi connectivity index (χ2v) is 2.81. The highest BCUT2D eigenvalue weighted by Crippen LogP contribution is 2.21. The number of benzene rings is 1. The third-order valence-corrected chi connectivity index (χ3v) is 1.98. The fourth-order valence-electron chi connectivity index (χ4n) is 1.24. The summed E-state index contributed by atoms with van der Waals surface area (Å²) in [5, 5.41) is 10.6. The molecule has 68 valence electrons. The van der Waals surface area contributed by atoms with Crippen LogP contribution in [0.25, 0.3) is 0 Å². The van der Waals surface area contributed by atoms with Crippen LogP contribution in [0.5, 0.6) is 0 Å². The van der Waals surface area contributed by atoms with Gasteiger partial charge in [0.05, 0.1) is 4.92 Å². The fraction of sp³-hybridized carbons (Fsp3) is 0.200. The minimum atomic E-state index is -0.359. The molecule has 0 aliphatic carbocycles. The van der Waals surface area contributed by atoms with E-state index in [4.69, 9.17) is 0 Å². The average Bonchev–Trinajstić information content (AvgIpc) is 2.08. The van der Waals surface area contributed by atoms with Crippen molar-refractivity contribution in [1.82, 2.24) is 0 Å². The number of hydrogen-bond donors (Lipinski definition) is 0. The van der Waals surface area contributed by atoms with Gasteiger partial charge in [0, 0.05) is 11.6 Å². The Balaban J connectivity index is 3.17. The van der Waals surface area contributed by atoms with Crippen LogP contribution < -0.4 is 0 Å². The molecule has 3 nitrogen and oxygen atoms in total. The van der Waals surface area contributed by atoms with Crippen LogP contribution in [0, 0.1) is 17.0 Å². The van der Waals surface area contributed by atoms with E-state index >= 15 is 0 Å². The molecule has 0 fully saturated rings. The lowest BCUT2D eigenvalue weighted by atomic mass is 10.0. The van der Waals surface area contributed by atoms with Crippen LogP contribution in [0.2, 0.25) is 0 Å². The Morgan fingerprint density at radius 2 is 2.31 bits per heavy atom. The van der Waals surface area contributed by atoms with Gasteiger partial charge in [-0.05, 0) is 18.9 Å². The standard InChI is InChI=1S/C10H11NO2/c1-3-5-9-6-4-7-10(8(9)2)11(12)13/h3-4,6-7H,1,5H2,2H3. The number of rotatable bonds is 3. The third kappa shape index (κ3) is 1.93. The molecule has 0 spiro atoms. The molecule has 1 rings (SSSR count). The smallest absolute Gasteiger partial charge is 0.258 e. The lowest BCUT2D eigenvalue weighted by Gasteiger charge is -2.02. The Morgan fingerprint density at radius 1 is 1.62 bits per heavy atom. The van der Waals surface area contributed by atoms with Gasteiger partial charge in [0.25, 0.3) is 5.69 Å². The molecule has 0 aliphatic rings. The molecule has 0 heterocycles. The quantitative estimate of drug-likeness (QED) is 0.404. The zero-order valence-electron chi connectivity index (χ0n) is 7.49. The molecular formula is C10H11NO2. The van der Waals surface area contributed by atoms with Crippen LogP contribution in [0.1, 0.15) is 11.1 Å². The van der Waals surface area contributed by atoms with Crippen molar-refractivity contribution in [2.45, 2.75) is 13.3 Å². The molecule has 0 bridgehead atoms. The van der Waals surface area contributed by atoms with Crippen LogP contribution in [0.4, 0.5) is 5.69 Å². The van der Waals surface area contributed by atoms with E-state index in [9.17, 15) is 10.1 Å². The van der Waals surface area contributed by atoms with E-state index in [0.717, 1.165) is 11.1 Å². The molecule has 0 saturated carbocycles. The SMILES string of the molecule is C=CCc1cccc([N+](=O)[O-])c1C. The Labute approximate surface area is 76.9 Å². The molecule has 1 aromatic carbocycles. The summed E-state index contributed by atoms with van der Waals surface area (Å²) in [6, 6.07) is 5.09. The first-order chi connectivity index (χ1) is 6.16. The molecule has 0 aromatic heterocycles. The van der Waals surface area contributed by atoms with Gasteiger partial charge in [-0.3, -0.25) is 10.1 Å². The Morgan fingerprint density at radius 3 is 2.85 bits per heavy atom. The summed E-state index contributed by atoms with van der Waals surface area (Å²) >= 11 is 0. The first-order valence-corrected chi connectivity index (χ1v) is 4.00. The van der Waals surface area contributed by atoms with Crippen molar-refractivity contribution in [1.29, 1.82) is 0 Å². The van der Waals surface area contributed by atoms with Crippen LogP contribution >= 0.6 is 0 Å². The molecule has 0 radical (unpaired) electrons.